The Labute approximate surface area is 143 Å². The normalized spacial score (nSPS) is 21.6. The number of imide groups is 1. The molecule has 3 rings (SSSR count). The highest BCUT2D eigenvalue weighted by atomic mass is 32.1. The van der Waals surface area contributed by atoms with Gasteiger partial charge in [-0.25, -0.2) is 0 Å². The summed E-state index contributed by atoms with van der Waals surface area (Å²) < 4.78 is 0. The molecule has 3 heterocycles. The largest absolute Gasteiger partial charge is 0.363 e. The van der Waals surface area contributed by atoms with Gasteiger partial charge in [-0.2, -0.15) is 0 Å². The highest BCUT2D eigenvalue weighted by Gasteiger charge is 2.29. The first-order valence-corrected chi connectivity index (χ1v) is 8.77. The molecule has 0 aliphatic carbocycles. The number of amides is 3. The van der Waals surface area contributed by atoms with E-state index in [1.165, 1.54) is 11.3 Å². The first-order chi connectivity index (χ1) is 11.4. The first kappa shape index (κ1) is 16.6. The molecule has 0 aromatic carbocycles. The maximum atomic E-state index is 12.5. The van der Waals surface area contributed by atoms with E-state index in [4.69, 9.17) is 0 Å². The van der Waals surface area contributed by atoms with Crippen LogP contribution >= 0.6 is 11.3 Å². The summed E-state index contributed by atoms with van der Waals surface area (Å²) in [5, 5.41) is 5.90. The molecule has 2 fully saturated rings. The molecule has 1 atom stereocenters. The van der Waals surface area contributed by atoms with Gasteiger partial charge >= 0.3 is 0 Å². The summed E-state index contributed by atoms with van der Waals surface area (Å²) in [4.78, 5) is 49.7. The number of ketones is 1. The van der Waals surface area contributed by atoms with Gasteiger partial charge in [0.25, 0.3) is 5.91 Å². The van der Waals surface area contributed by atoms with Crippen LogP contribution in [0.1, 0.15) is 40.9 Å². The second-order valence-corrected chi connectivity index (χ2v) is 7.29. The van der Waals surface area contributed by atoms with Crippen molar-refractivity contribution in [3.63, 3.8) is 0 Å². The Morgan fingerprint density at radius 2 is 1.96 bits per heavy atom. The molecule has 1 aromatic rings. The number of nitrogens with zero attached hydrogens (tertiary/aromatic N) is 1. The molecule has 7 nitrogen and oxygen atoms in total. The average molecular weight is 349 g/mol. The number of carbonyl (C=O) groups excluding carboxylic acids is 4. The summed E-state index contributed by atoms with van der Waals surface area (Å²) in [5.74, 6) is -0.797. The summed E-state index contributed by atoms with van der Waals surface area (Å²) in [7, 11) is 0. The van der Waals surface area contributed by atoms with E-state index in [-0.39, 0.29) is 24.0 Å². The van der Waals surface area contributed by atoms with Gasteiger partial charge in [0.2, 0.25) is 11.8 Å². The molecule has 3 amide bonds. The summed E-state index contributed by atoms with van der Waals surface area (Å²) in [5.41, 5.74) is 0.539. The van der Waals surface area contributed by atoms with Crippen LogP contribution in [0.2, 0.25) is 0 Å². The van der Waals surface area contributed by atoms with Gasteiger partial charge in [-0.3, -0.25) is 24.5 Å². The van der Waals surface area contributed by atoms with Gasteiger partial charge in [-0.05, 0) is 19.4 Å². The molecule has 128 valence electrons. The molecule has 0 bridgehead atoms. The highest BCUT2D eigenvalue weighted by molar-refractivity contribution is 7.16. The van der Waals surface area contributed by atoms with E-state index in [9.17, 15) is 19.2 Å². The van der Waals surface area contributed by atoms with Crippen LogP contribution in [0.4, 0.5) is 5.00 Å². The molecular formula is C16H19N3O4S. The standard InChI is InChI=1S/C16H19N3O4S/c1-9-11(8-14(24-9)19-6-4-10(20)5-7-19)15(22)17-12-2-3-13(21)18-16(12)23/h8,12H,2-7H2,1H3,(H,17,22)(H,18,21,23). The lowest BCUT2D eigenvalue weighted by Gasteiger charge is -2.26. The molecule has 2 saturated heterocycles. The molecule has 0 spiro atoms. The molecule has 0 saturated carbocycles. The quantitative estimate of drug-likeness (QED) is 0.786. The van der Waals surface area contributed by atoms with Crippen molar-refractivity contribution in [3.8, 4) is 0 Å². The number of piperidine rings is 2. The average Bonchev–Trinajstić information content (AvgIpc) is 2.93. The maximum Gasteiger partial charge on any atom is 0.253 e. The lowest BCUT2D eigenvalue weighted by Crippen LogP contribution is -2.52. The van der Waals surface area contributed by atoms with Crippen molar-refractivity contribution in [2.45, 2.75) is 38.6 Å². The van der Waals surface area contributed by atoms with Crippen molar-refractivity contribution in [3.05, 3.63) is 16.5 Å². The van der Waals surface area contributed by atoms with Crippen molar-refractivity contribution in [2.75, 3.05) is 18.0 Å². The Balaban J connectivity index is 1.68. The molecule has 2 N–H and O–H groups in total. The van der Waals surface area contributed by atoms with Gasteiger partial charge in [-0.1, -0.05) is 0 Å². The zero-order valence-corrected chi connectivity index (χ0v) is 14.2. The van der Waals surface area contributed by atoms with Crippen LogP contribution in [0.5, 0.6) is 0 Å². The van der Waals surface area contributed by atoms with Gasteiger partial charge in [0.05, 0.1) is 10.6 Å². The van der Waals surface area contributed by atoms with E-state index in [1.54, 1.807) is 0 Å². The third-order valence-corrected chi connectivity index (χ3v) is 5.44. The van der Waals surface area contributed by atoms with Gasteiger partial charge in [-0.15, -0.1) is 11.3 Å². The SMILES string of the molecule is Cc1sc(N2CCC(=O)CC2)cc1C(=O)NC1CCC(=O)NC1=O. The third-order valence-electron chi connectivity index (χ3n) is 4.33. The Kier molecular flexibility index (Phi) is 4.66. The molecule has 1 unspecified atom stereocenters. The number of hydrogen-bond donors (Lipinski definition) is 2. The van der Waals surface area contributed by atoms with Crippen molar-refractivity contribution >= 4 is 39.8 Å². The van der Waals surface area contributed by atoms with E-state index in [2.05, 4.69) is 15.5 Å². The van der Waals surface area contributed by atoms with E-state index in [0.29, 0.717) is 37.9 Å². The van der Waals surface area contributed by atoms with Crippen LogP contribution in [0, 0.1) is 6.92 Å². The maximum absolute atomic E-state index is 12.5. The third kappa shape index (κ3) is 3.48. The molecule has 8 heteroatoms. The number of aryl methyl sites for hydroxylation is 1. The Morgan fingerprint density at radius 1 is 1.25 bits per heavy atom. The highest BCUT2D eigenvalue weighted by Crippen LogP contribution is 2.31. The second-order valence-electron chi connectivity index (χ2n) is 6.06. The Hall–Kier alpha value is -2.22. The van der Waals surface area contributed by atoms with Gasteiger partial charge in [0, 0.05) is 37.2 Å². The number of thiophene rings is 1. The Morgan fingerprint density at radius 3 is 2.62 bits per heavy atom. The van der Waals surface area contributed by atoms with E-state index >= 15 is 0 Å². The minimum absolute atomic E-state index is 0.229. The van der Waals surface area contributed by atoms with Gasteiger partial charge < -0.3 is 10.2 Å². The molecule has 2 aliphatic heterocycles. The first-order valence-electron chi connectivity index (χ1n) is 7.95. The van der Waals surface area contributed by atoms with Crippen molar-refractivity contribution < 1.29 is 19.2 Å². The fourth-order valence-corrected chi connectivity index (χ4v) is 3.96. The monoisotopic (exact) mass is 349 g/mol. The van der Waals surface area contributed by atoms with Crippen molar-refractivity contribution in [1.82, 2.24) is 10.6 Å². The number of nitrogens with one attached hydrogen (secondary N) is 2. The topological polar surface area (TPSA) is 95.6 Å². The van der Waals surface area contributed by atoms with Crippen LogP contribution in [0.3, 0.4) is 0 Å². The van der Waals surface area contributed by atoms with E-state index in [1.807, 2.05) is 13.0 Å². The smallest absolute Gasteiger partial charge is 0.253 e. The van der Waals surface area contributed by atoms with Crippen LogP contribution in [0.25, 0.3) is 0 Å². The molecule has 0 radical (unpaired) electrons. The molecule has 2 aliphatic rings. The van der Waals surface area contributed by atoms with Crippen LogP contribution in [-0.4, -0.2) is 42.6 Å². The number of Topliss-reactive ketones (excluding diaryl/α,β-unsaturated/α-hetero) is 1. The summed E-state index contributed by atoms with van der Waals surface area (Å²) in [6, 6.07) is 1.14. The van der Waals surface area contributed by atoms with Gasteiger partial charge in [0.1, 0.15) is 11.8 Å². The lowest BCUT2D eigenvalue weighted by atomic mass is 10.1. The summed E-state index contributed by atoms with van der Waals surface area (Å²) in [6.07, 6.45) is 1.62. The molecular weight excluding hydrogens is 330 g/mol. The van der Waals surface area contributed by atoms with Crippen molar-refractivity contribution in [1.29, 1.82) is 0 Å². The van der Waals surface area contributed by atoms with E-state index in [0.717, 1.165) is 9.88 Å². The molecule has 1 aromatic heterocycles. The van der Waals surface area contributed by atoms with Crippen LogP contribution in [-0.2, 0) is 14.4 Å². The summed E-state index contributed by atoms with van der Waals surface area (Å²) in [6.45, 7) is 3.21. The fraction of sp³-hybridized carbons (Fsp3) is 0.500. The van der Waals surface area contributed by atoms with Crippen molar-refractivity contribution in [2.24, 2.45) is 0 Å². The Bertz CT molecular complexity index is 702. The fourth-order valence-electron chi connectivity index (χ4n) is 2.89. The minimum Gasteiger partial charge on any atom is -0.363 e. The lowest BCUT2D eigenvalue weighted by molar-refractivity contribution is -0.134. The zero-order chi connectivity index (χ0) is 17.3. The predicted octanol–water partition coefficient (Wildman–Crippen LogP) is 0.761. The number of rotatable bonds is 3. The second kappa shape index (κ2) is 6.72. The number of hydrogen-bond acceptors (Lipinski definition) is 6. The summed E-state index contributed by atoms with van der Waals surface area (Å²) >= 11 is 1.51. The van der Waals surface area contributed by atoms with Gasteiger partial charge in [0.15, 0.2) is 0 Å². The number of carbonyl (C=O) groups is 4. The predicted molar refractivity (Wildman–Crippen MR) is 89.1 cm³/mol. The van der Waals surface area contributed by atoms with Crippen LogP contribution < -0.4 is 15.5 Å². The van der Waals surface area contributed by atoms with Crippen LogP contribution in [0.15, 0.2) is 6.07 Å². The zero-order valence-electron chi connectivity index (χ0n) is 13.4. The number of anilines is 1. The van der Waals surface area contributed by atoms with E-state index < -0.39 is 11.9 Å². The minimum atomic E-state index is -0.675. The molecule has 24 heavy (non-hydrogen) atoms.